The van der Waals surface area contributed by atoms with Gasteiger partial charge in [0.25, 0.3) is 5.91 Å². The number of ether oxygens (including phenoxy) is 1. The smallest absolute Gasteiger partial charge is 0.315 e. The molecule has 3 rings (SSSR count). The van der Waals surface area contributed by atoms with Crippen LogP contribution >= 0.6 is 11.8 Å². The van der Waals surface area contributed by atoms with Crippen LogP contribution in [0.4, 0.5) is 0 Å². The lowest BCUT2D eigenvalue weighted by Gasteiger charge is -2.14. The number of hydrogen-bond acceptors (Lipinski definition) is 5. The molecule has 2 heterocycles. The highest BCUT2D eigenvalue weighted by molar-refractivity contribution is 8.00. The third-order valence-corrected chi connectivity index (χ3v) is 4.99. The molecule has 0 bridgehead atoms. The quantitative estimate of drug-likeness (QED) is 0.811. The van der Waals surface area contributed by atoms with Crippen LogP contribution < -0.4 is 0 Å². The number of esters is 1. The number of thioether (sulfide) groups is 1. The van der Waals surface area contributed by atoms with Crippen molar-refractivity contribution in [3.63, 3.8) is 0 Å². The fraction of sp³-hybridized carbons (Fsp3) is 0.375. The Balaban J connectivity index is 1.62. The molecule has 0 saturated carbocycles. The van der Waals surface area contributed by atoms with E-state index in [1.54, 1.807) is 11.0 Å². The van der Waals surface area contributed by atoms with E-state index in [0.717, 1.165) is 17.4 Å². The Morgan fingerprint density at radius 3 is 3.00 bits per heavy atom. The van der Waals surface area contributed by atoms with Crippen molar-refractivity contribution in [1.82, 2.24) is 4.90 Å². The lowest BCUT2D eigenvalue weighted by Crippen LogP contribution is -2.28. The SMILES string of the molecule is COC(=O)CSC1CCN(C(=O)c2cc3ccccc3o2)C1. The number of rotatable bonds is 4. The third kappa shape index (κ3) is 3.11. The van der Waals surface area contributed by atoms with E-state index in [4.69, 9.17) is 4.42 Å². The Bertz CT molecular complexity index is 663. The molecule has 6 heteroatoms. The van der Waals surface area contributed by atoms with Gasteiger partial charge in [0.05, 0.1) is 12.9 Å². The lowest BCUT2D eigenvalue weighted by molar-refractivity contribution is -0.137. The number of hydrogen-bond donors (Lipinski definition) is 0. The van der Waals surface area contributed by atoms with Gasteiger partial charge < -0.3 is 14.1 Å². The van der Waals surface area contributed by atoms with Crippen molar-refractivity contribution in [3.05, 3.63) is 36.1 Å². The van der Waals surface area contributed by atoms with E-state index in [1.807, 2.05) is 24.3 Å². The van der Waals surface area contributed by atoms with Crippen molar-refractivity contribution in [2.45, 2.75) is 11.7 Å². The molecular weight excluding hydrogens is 302 g/mol. The molecule has 22 heavy (non-hydrogen) atoms. The average Bonchev–Trinajstić information content (AvgIpc) is 3.18. The summed E-state index contributed by atoms with van der Waals surface area (Å²) in [7, 11) is 1.38. The molecule has 1 unspecified atom stereocenters. The van der Waals surface area contributed by atoms with E-state index in [9.17, 15) is 9.59 Å². The van der Waals surface area contributed by atoms with E-state index < -0.39 is 0 Å². The number of benzene rings is 1. The summed E-state index contributed by atoms with van der Waals surface area (Å²) >= 11 is 1.54. The monoisotopic (exact) mass is 319 g/mol. The number of carbonyl (C=O) groups is 2. The second kappa shape index (κ2) is 6.44. The summed E-state index contributed by atoms with van der Waals surface area (Å²) in [5.41, 5.74) is 0.724. The van der Waals surface area contributed by atoms with E-state index in [2.05, 4.69) is 4.74 Å². The molecule has 0 aliphatic carbocycles. The molecule has 1 aromatic heterocycles. The number of para-hydroxylation sites is 1. The van der Waals surface area contributed by atoms with E-state index >= 15 is 0 Å². The molecule has 1 amide bonds. The minimum absolute atomic E-state index is 0.0858. The average molecular weight is 319 g/mol. The molecule has 116 valence electrons. The minimum Gasteiger partial charge on any atom is -0.468 e. The van der Waals surface area contributed by atoms with Crippen molar-refractivity contribution >= 4 is 34.6 Å². The number of furan rings is 1. The van der Waals surface area contributed by atoms with Gasteiger partial charge in [-0.25, -0.2) is 0 Å². The largest absolute Gasteiger partial charge is 0.468 e. The first-order chi connectivity index (χ1) is 10.7. The molecule has 0 N–H and O–H groups in total. The van der Waals surface area contributed by atoms with Gasteiger partial charge >= 0.3 is 5.97 Å². The molecule has 1 saturated heterocycles. The molecule has 1 aliphatic rings. The summed E-state index contributed by atoms with van der Waals surface area (Å²) in [6.45, 7) is 1.33. The Kier molecular flexibility index (Phi) is 4.38. The maximum atomic E-state index is 12.5. The van der Waals surface area contributed by atoms with Gasteiger partial charge in [0.15, 0.2) is 5.76 Å². The van der Waals surface area contributed by atoms with Crippen LogP contribution in [-0.4, -0.2) is 48.0 Å². The van der Waals surface area contributed by atoms with Crippen LogP contribution in [0.3, 0.4) is 0 Å². The predicted molar refractivity (Wildman–Crippen MR) is 85.0 cm³/mol. The third-order valence-electron chi connectivity index (χ3n) is 3.73. The minimum atomic E-state index is -0.230. The van der Waals surface area contributed by atoms with Crippen molar-refractivity contribution in [3.8, 4) is 0 Å². The van der Waals surface area contributed by atoms with Gasteiger partial charge in [-0.2, -0.15) is 0 Å². The summed E-state index contributed by atoms with van der Waals surface area (Å²) in [5.74, 6) is 0.387. The zero-order valence-corrected chi connectivity index (χ0v) is 13.1. The van der Waals surface area contributed by atoms with Gasteiger partial charge in [-0.05, 0) is 18.6 Å². The normalized spacial score (nSPS) is 17.9. The van der Waals surface area contributed by atoms with Crippen LogP contribution in [0.2, 0.25) is 0 Å². The second-order valence-electron chi connectivity index (χ2n) is 5.20. The highest BCUT2D eigenvalue weighted by atomic mass is 32.2. The zero-order valence-electron chi connectivity index (χ0n) is 12.3. The summed E-state index contributed by atoms with van der Waals surface area (Å²) in [4.78, 5) is 25.4. The van der Waals surface area contributed by atoms with Crippen LogP contribution in [0.15, 0.2) is 34.7 Å². The van der Waals surface area contributed by atoms with E-state index in [-0.39, 0.29) is 17.1 Å². The van der Waals surface area contributed by atoms with Crippen LogP contribution in [0.25, 0.3) is 11.0 Å². The molecule has 1 atom stereocenters. The molecule has 1 aromatic carbocycles. The van der Waals surface area contributed by atoms with E-state index in [1.165, 1.54) is 18.9 Å². The Morgan fingerprint density at radius 2 is 2.23 bits per heavy atom. The van der Waals surface area contributed by atoms with Gasteiger partial charge in [0, 0.05) is 23.7 Å². The first-order valence-corrected chi connectivity index (χ1v) is 8.18. The van der Waals surface area contributed by atoms with Gasteiger partial charge in [-0.1, -0.05) is 18.2 Å². The van der Waals surface area contributed by atoms with Crippen LogP contribution in [0, 0.1) is 0 Å². The van der Waals surface area contributed by atoms with Gasteiger partial charge in [-0.15, -0.1) is 11.8 Å². The fourth-order valence-electron chi connectivity index (χ4n) is 2.54. The predicted octanol–water partition coefficient (Wildman–Crippen LogP) is 2.55. The maximum Gasteiger partial charge on any atom is 0.315 e. The summed E-state index contributed by atoms with van der Waals surface area (Å²) in [6, 6.07) is 9.36. The number of fused-ring (bicyclic) bond motifs is 1. The Morgan fingerprint density at radius 1 is 1.41 bits per heavy atom. The summed E-state index contributed by atoms with van der Waals surface area (Å²) in [6.07, 6.45) is 0.883. The van der Waals surface area contributed by atoms with Crippen molar-refractivity contribution < 1.29 is 18.7 Å². The highest BCUT2D eigenvalue weighted by Gasteiger charge is 2.29. The number of amides is 1. The van der Waals surface area contributed by atoms with Crippen molar-refractivity contribution in [2.24, 2.45) is 0 Å². The lowest BCUT2D eigenvalue weighted by atomic mass is 10.2. The maximum absolute atomic E-state index is 12.5. The van der Waals surface area contributed by atoms with Gasteiger partial charge in [0.1, 0.15) is 5.58 Å². The topological polar surface area (TPSA) is 59.8 Å². The fourth-order valence-corrected chi connectivity index (χ4v) is 3.58. The molecule has 1 fully saturated rings. The zero-order chi connectivity index (χ0) is 15.5. The van der Waals surface area contributed by atoms with Crippen molar-refractivity contribution in [2.75, 3.05) is 26.0 Å². The molecule has 0 radical (unpaired) electrons. The van der Waals surface area contributed by atoms with Crippen LogP contribution in [0.5, 0.6) is 0 Å². The molecule has 5 nitrogen and oxygen atoms in total. The summed E-state index contributed by atoms with van der Waals surface area (Å²) in [5, 5.41) is 1.20. The Labute approximate surface area is 132 Å². The molecular formula is C16H17NO4S. The second-order valence-corrected chi connectivity index (χ2v) is 6.49. The van der Waals surface area contributed by atoms with E-state index in [0.29, 0.717) is 24.6 Å². The van der Waals surface area contributed by atoms with Gasteiger partial charge in [0.2, 0.25) is 0 Å². The molecule has 2 aromatic rings. The first kappa shape index (κ1) is 15.0. The number of carbonyl (C=O) groups excluding carboxylic acids is 2. The van der Waals surface area contributed by atoms with Crippen molar-refractivity contribution in [1.29, 1.82) is 0 Å². The van der Waals surface area contributed by atoms with Crippen LogP contribution in [-0.2, 0) is 9.53 Å². The standard InChI is InChI=1S/C16H17NO4S/c1-20-15(18)10-22-12-6-7-17(9-12)16(19)14-8-11-4-2-3-5-13(11)21-14/h2-5,8,12H,6-7,9-10H2,1H3. The first-order valence-electron chi connectivity index (χ1n) is 7.13. The highest BCUT2D eigenvalue weighted by Crippen LogP contribution is 2.26. The molecule has 0 spiro atoms. The van der Waals surface area contributed by atoms with Gasteiger partial charge in [-0.3, -0.25) is 9.59 Å². The molecule has 1 aliphatic heterocycles. The summed E-state index contributed by atoms with van der Waals surface area (Å²) < 4.78 is 10.3. The number of nitrogens with zero attached hydrogens (tertiary/aromatic N) is 1. The number of likely N-dealkylation sites (tertiary alicyclic amines) is 1. The Hall–Kier alpha value is -1.95. The van der Waals surface area contributed by atoms with Crippen LogP contribution in [0.1, 0.15) is 17.0 Å². The number of methoxy groups -OCH3 is 1.